The number of amides is 1. The highest BCUT2D eigenvalue weighted by molar-refractivity contribution is 7.92. The second kappa shape index (κ2) is 9.43. The third-order valence-electron chi connectivity index (χ3n) is 5.14. The third kappa shape index (κ3) is 5.06. The van der Waals surface area contributed by atoms with E-state index in [0.29, 0.717) is 41.8 Å². The molecule has 1 amide bonds. The van der Waals surface area contributed by atoms with Crippen molar-refractivity contribution < 1.29 is 22.7 Å². The van der Waals surface area contributed by atoms with Gasteiger partial charge in [0.2, 0.25) is 0 Å². The maximum absolute atomic E-state index is 12.9. The number of aromatic nitrogens is 4. The Balaban J connectivity index is 1.30. The van der Waals surface area contributed by atoms with Gasteiger partial charge in [0.1, 0.15) is 6.33 Å². The zero-order valence-electron chi connectivity index (χ0n) is 18.3. The SMILES string of the molecule is O=C(Nc1ccc2c(c1)OCCCO2)c1cccc(S(=O)(=O)Nc2ccc(-n3cnnn3)cc2)c1. The van der Waals surface area contributed by atoms with Crippen molar-refractivity contribution in [2.24, 2.45) is 0 Å². The molecule has 5 rings (SSSR count). The van der Waals surface area contributed by atoms with E-state index in [0.717, 1.165) is 6.42 Å². The molecule has 3 aromatic carbocycles. The summed E-state index contributed by atoms with van der Waals surface area (Å²) in [5.74, 6) is 0.708. The molecule has 0 saturated carbocycles. The van der Waals surface area contributed by atoms with Gasteiger partial charge in [0.25, 0.3) is 15.9 Å². The summed E-state index contributed by atoms with van der Waals surface area (Å²) in [6.45, 7) is 1.09. The van der Waals surface area contributed by atoms with Crippen molar-refractivity contribution in [3.8, 4) is 17.2 Å². The van der Waals surface area contributed by atoms with Crippen LogP contribution < -0.4 is 19.5 Å². The van der Waals surface area contributed by atoms with E-state index in [1.54, 1.807) is 48.5 Å². The van der Waals surface area contributed by atoms with Crippen LogP contribution in [-0.4, -0.2) is 47.7 Å². The van der Waals surface area contributed by atoms with E-state index in [1.807, 2.05) is 0 Å². The van der Waals surface area contributed by atoms with Crippen molar-refractivity contribution in [3.63, 3.8) is 0 Å². The number of tetrazole rings is 1. The summed E-state index contributed by atoms with van der Waals surface area (Å²) in [5.41, 5.74) is 1.72. The van der Waals surface area contributed by atoms with Crippen LogP contribution in [0.2, 0.25) is 0 Å². The number of nitrogens with one attached hydrogen (secondary N) is 2. The van der Waals surface area contributed by atoms with Crippen LogP contribution in [0.15, 0.2) is 78.0 Å². The van der Waals surface area contributed by atoms with E-state index < -0.39 is 15.9 Å². The van der Waals surface area contributed by atoms with Gasteiger partial charge in [0.15, 0.2) is 11.5 Å². The second-order valence-corrected chi connectivity index (χ2v) is 9.28. The summed E-state index contributed by atoms with van der Waals surface area (Å²) in [6, 6.07) is 17.4. The summed E-state index contributed by atoms with van der Waals surface area (Å²) >= 11 is 0. The van der Waals surface area contributed by atoms with E-state index in [4.69, 9.17) is 9.47 Å². The number of anilines is 2. The monoisotopic (exact) mass is 492 g/mol. The quantitative estimate of drug-likeness (QED) is 0.419. The van der Waals surface area contributed by atoms with Gasteiger partial charge < -0.3 is 14.8 Å². The number of ether oxygens (including phenoxy) is 2. The Hall–Kier alpha value is -4.45. The highest BCUT2D eigenvalue weighted by Gasteiger charge is 2.18. The first-order chi connectivity index (χ1) is 17.0. The molecule has 0 unspecified atom stereocenters. The van der Waals surface area contributed by atoms with Crippen LogP contribution in [0, 0.1) is 0 Å². The standard InChI is InChI=1S/C23H20N6O5S/c30-23(25-18-7-10-21-22(14-18)34-12-2-11-33-21)16-3-1-4-20(13-16)35(31,32)26-17-5-8-19(9-6-17)29-15-24-27-28-29/h1,3-10,13-15,26H,2,11-12H2,(H,25,30). The molecule has 0 radical (unpaired) electrons. The van der Waals surface area contributed by atoms with Crippen molar-refractivity contribution in [2.45, 2.75) is 11.3 Å². The molecule has 0 spiro atoms. The van der Waals surface area contributed by atoms with Gasteiger partial charge in [-0.25, -0.2) is 13.1 Å². The highest BCUT2D eigenvalue weighted by atomic mass is 32.2. The first-order valence-electron chi connectivity index (χ1n) is 10.7. The zero-order chi connectivity index (χ0) is 24.3. The predicted molar refractivity (Wildman–Crippen MR) is 126 cm³/mol. The van der Waals surface area contributed by atoms with Crippen LogP contribution in [0.5, 0.6) is 11.5 Å². The van der Waals surface area contributed by atoms with E-state index in [1.165, 1.54) is 29.2 Å². The number of fused-ring (bicyclic) bond motifs is 1. The lowest BCUT2D eigenvalue weighted by Crippen LogP contribution is -2.16. The summed E-state index contributed by atoms with van der Waals surface area (Å²) in [7, 11) is -3.94. The fourth-order valence-electron chi connectivity index (χ4n) is 3.42. The van der Waals surface area contributed by atoms with E-state index in [-0.39, 0.29) is 10.5 Å². The minimum Gasteiger partial charge on any atom is -0.490 e. The first kappa shape index (κ1) is 22.3. The van der Waals surface area contributed by atoms with Crippen molar-refractivity contribution in [1.82, 2.24) is 20.2 Å². The molecular weight excluding hydrogens is 472 g/mol. The number of hydrogen-bond acceptors (Lipinski definition) is 8. The minimum atomic E-state index is -3.94. The summed E-state index contributed by atoms with van der Waals surface area (Å²) in [5, 5.41) is 13.7. The molecule has 4 aromatic rings. The zero-order valence-corrected chi connectivity index (χ0v) is 19.1. The minimum absolute atomic E-state index is 0.0478. The number of carbonyl (C=O) groups is 1. The molecule has 11 nitrogen and oxygen atoms in total. The normalized spacial score (nSPS) is 13.0. The maximum atomic E-state index is 12.9. The largest absolute Gasteiger partial charge is 0.490 e. The van der Waals surface area contributed by atoms with Gasteiger partial charge in [-0.2, -0.15) is 0 Å². The smallest absolute Gasteiger partial charge is 0.261 e. The average Bonchev–Trinajstić information content (AvgIpc) is 3.30. The predicted octanol–water partition coefficient (Wildman–Crippen LogP) is 2.88. The molecule has 12 heteroatoms. The summed E-state index contributed by atoms with van der Waals surface area (Å²) in [6.07, 6.45) is 2.21. The van der Waals surface area contributed by atoms with Crippen LogP contribution >= 0.6 is 0 Å². The Labute approximate surface area is 200 Å². The van der Waals surface area contributed by atoms with Gasteiger partial charge >= 0.3 is 0 Å². The fourth-order valence-corrected chi connectivity index (χ4v) is 4.53. The number of benzene rings is 3. The first-order valence-corrected chi connectivity index (χ1v) is 12.1. The molecule has 2 heterocycles. The lowest BCUT2D eigenvalue weighted by Gasteiger charge is -2.12. The Kier molecular flexibility index (Phi) is 6.02. The van der Waals surface area contributed by atoms with Crippen LogP contribution in [-0.2, 0) is 10.0 Å². The molecule has 0 saturated heterocycles. The Morgan fingerprint density at radius 2 is 1.69 bits per heavy atom. The number of nitrogens with zero attached hydrogens (tertiary/aromatic N) is 4. The Bertz CT molecular complexity index is 1460. The number of carbonyl (C=O) groups excluding carboxylic acids is 1. The summed E-state index contributed by atoms with van der Waals surface area (Å²) < 4.78 is 41.1. The van der Waals surface area contributed by atoms with E-state index in [2.05, 4.69) is 25.6 Å². The van der Waals surface area contributed by atoms with Crippen LogP contribution in [0.3, 0.4) is 0 Å². The van der Waals surface area contributed by atoms with Gasteiger partial charge in [-0.3, -0.25) is 9.52 Å². The molecule has 35 heavy (non-hydrogen) atoms. The van der Waals surface area contributed by atoms with Crippen LogP contribution in [0.25, 0.3) is 5.69 Å². The molecule has 0 fully saturated rings. The number of hydrogen-bond donors (Lipinski definition) is 2. The lowest BCUT2D eigenvalue weighted by atomic mass is 10.2. The average molecular weight is 493 g/mol. The summed E-state index contributed by atoms with van der Waals surface area (Å²) in [4.78, 5) is 12.8. The van der Waals surface area contributed by atoms with E-state index >= 15 is 0 Å². The van der Waals surface area contributed by atoms with Gasteiger partial charge in [-0.05, 0) is 65.0 Å². The topological polar surface area (TPSA) is 137 Å². The number of sulfonamides is 1. The van der Waals surface area contributed by atoms with Gasteiger partial charge in [-0.1, -0.05) is 6.07 Å². The molecule has 0 atom stereocenters. The lowest BCUT2D eigenvalue weighted by molar-refractivity contribution is 0.102. The van der Waals surface area contributed by atoms with Gasteiger partial charge in [0.05, 0.1) is 23.8 Å². The molecule has 1 aliphatic heterocycles. The van der Waals surface area contributed by atoms with Crippen LogP contribution in [0.4, 0.5) is 11.4 Å². The maximum Gasteiger partial charge on any atom is 0.261 e. The second-order valence-electron chi connectivity index (χ2n) is 7.60. The molecular formula is C23H20N6O5S. The molecule has 1 aromatic heterocycles. The number of rotatable bonds is 6. The third-order valence-corrected chi connectivity index (χ3v) is 6.52. The van der Waals surface area contributed by atoms with Gasteiger partial charge in [-0.15, -0.1) is 5.10 Å². The molecule has 1 aliphatic rings. The van der Waals surface area contributed by atoms with Crippen molar-refractivity contribution in [2.75, 3.05) is 23.3 Å². The van der Waals surface area contributed by atoms with Crippen molar-refractivity contribution in [3.05, 3.63) is 78.6 Å². The molecule has 178 valence electrons. The highest BCUT2D eigenvalue weighted by Crippen LogP contribution is 2.32. The molecule has 0 aliphatic carbocycles. The molecule has 0 bridgehead atoms. The van der Waals surface area contributed by atoms with Gasteiger partial charge in [0, 0.05) is 29.4 Å². The Morgan fingerprint density at radius 3 is 2.46 bits per heavy atom. The van der Waals surface area contributed by atoms with Crippen LogP contribution in [0.1, 0.15) is 16.8 Å². The van der Waals surface area contributed by atoms with E-state index in [9.17, 15) is 13.2 Å². The molecule has 2 N–H and O–H groups in total. The van der Waals surface area contributed by atoms with Crippen molar-refractivity contribution in [1.29, 1.82) is 0 Å². The fraction of sp³-hybridized carbons (Fsp3) is 0.130. The Morgan fingerprint density at radius 1 is 0.914 bits per heavy atom. The van der Waals surface area contributed by atoms with Crippen molar-refractivity contribution >= 4 is 27.3 Å².